The molecule has 0 spiro atoms. The zero-order valence-corrected chi connectivity index (χ0v) is 13.3. The molecule has 0 amide bonds. The molecule has 0 radical (unpaired) electrons. The van der Waals surface area contributed by atoms with Crippen LogP contribution in [0, 0.1) is 6.92 Å². The molecule has 0 fully saturated rings. The van der Waals surface area contributed by atoms with E-state index in [-0.39, 0.29) is 5.92 Å². The minimum atomic E-state index is 0.269. The number of nitrogens with one attached hydrogen (secondary N) is 1. The summed E-state index contributed by atoms with van der Waals surface area (Å²) in [5, 5.41) is 7.74. The molecule has 1 atom stereocenters. The Labute approximate surface area is 124 Å². The van der Waals surface area contributed by atoms with E-state index in [2.05, 4.69) is 52.9 Å². The molecule has 20 heavy (non-hydrogen) atoms. The van der Waals surface area contributed by atoms with E-state index in [9.17, 15) is 0 Å². The van der Waals surface area contributed by atoms with Gasteiger partial charge in [0.25, 0.3) is 0 Å². The van der Waals surface area contributed by atoms with E-state index in [1.54, 1.807) is 11.3 Å². The number of thiophene rings is 1. The van der Waals surface area contributed by atoms with Gasteiger partial charge in [-0.2, -0.15) is 11.3 Å². The van der Waals surface area contributed by atoms with Crippen LogP contribution in [-0.2, 0) is 6.42 Å². The van der Waals surface area contributed by atoms with Crippen molar-refractivity contribution in [3.8, 4) is 0 Å². The maximum atomic E-state index is 5.98. The zero-order chi connectivity index (χ0) is 14.7. The Balaban J connectivity index is 2.15. The molecule has 0 bridgehead atoms. The highest BCUT2D eigenvalue weighted by atomic mass is 32.1. The van der Waals surface area contributed by atoms with Crippen molar-refractivity contribution in [2.45, 2.75) is 46.1 Å². The fourth-order valence-corrected chi connectivity index (χ4v) is 2.68. The summed E-state index contributed by atoms with van der Waals surface area (Å²) < 4.78 is 0. The van der Waals surface area contributed by atoms with Gasteiger partial charge in [-0.05, 0) is 42.7 Å². The predicted molar refractivity (Wildman–Crippen MR) is 86.4 cm³/mol. The summed E-state index contributed by atoms with van der Waals surface area (Å²) in [6.45, 7) is 8.26. The lowest BCUT2D eigenvalue weighted by Crippen LogP contribution is -2.21. The number of nitrogens with zero attached hydrogens (tertiary/aromatic N) is 2. The van der Waals surface area contributed by atoms with Gasteiger partial charge in [-0.15, -0.1) is 0 Å². The second-order valence-corrected chi connectivity index (χ2v) is 6.26. The molecule has 2 heterocycles. The molecular weight excluding hydrogens is 268 g/mol. The molecule has 108 valence electrons. The van der Waals surface area contributed by atoms with Gasteiger partial charge in [0.2, 0.25) is 0 Å². The number of anilines is 2. The Morgan fingerprint density at radius 1 is 1.30 bits per heavy atom. The van der Waals surface area contributed by atoms with E-state index in [0.29, 0.717) is 11.9 Å². The third kappa shape index (κ3) is 3.48. The smallest absolute Gasteiger partial charge is 0.135 e. The first-order chi connectivity index (χ1) is 9.47. The van der Waals surface area contributed by atoms with Gasteiger partial charge in [-0.3, -0.25) is 0 Å². The van der Waals surface area contributed by atoms with Crippen LogP contribution >= 0.6 is 11.3 Å². The number of hydrogen-bond donors (Lipinski definition) is 2. The normalized spacial score (nSPS) is 12.7. The average Bonchev–Trinajstić information content (AvgIpc) is 2.87. The molecule has 0 aromatic carbocycles. The van der Waals surface area contributed by atoms with Crippen molar-refractivity contribution in [1.29, 1.82) is 0 Å². The molecule has 2 aromatic rings. The zero-order valence-electron chi connectivity index (χ0n) is 12.5. The summed E-state index contributed by atoms with van der Waals surface area (Å²) in [5.41, 5.74) is 8.25. The van der Waals surface area contributed by atoms with Crippen molar-refractivity contribution < 1.29 is 0 Å². The standard InChI is InChI=1S/C15H22N4S/c1-9(2)14-18-13(16)11(4)15(19-14)17-10(3)7-12-5-6-20-8-12/h5-6,8-10H,7H2,1-4H3,(H3,16,17,18,19). The number of nitrogens with two attached hydrogens (primary N) is 1. The minimum absolute atomic E-state index is 0.269. The van der Waals surface area contributed by atoms with E-state index in [1.807, 2.05) is 6.92 Å². The van der Waals surface area contributed by atoms with E-state index in [1.165, 1.54) is 5.56 Å². The van der Waals surface area contributed by atoms with Crippen molar-refractivity contribution in [2.24, 2.45) is 0 Å². The van der Waals surface area contributed by atoms with E-state index in [4.69, 9.17) is 5.73 Å². The maximum Gasteiger partial charge on any atom is 0.135 e. The topological polar surface area (TPSA) is 63.8 Å². The third-order valence-electron chi connectivity index (χ3n) is 3.22. The van der Waals surface area contributed by atoms with Crippen molar-refractivity contribution >= 4 is 23.0 Å². The van der Waals surface area contributed by atoms with Crippen LogP contribution in [0.1, 0.15) is 43.6 Å². The predicted octanol–water partition coefficient (Wildman–Crippen LogP) is 3.60. The molecular formula is C15H22N4S. The molecule has 1 unspecified atom stereocenters. The molecule has 2 rings (SSSR count). The molecule has 0 saturated heterocycles. The largest absolute Gasteiger partial charge is 0.383 e. The summed E-state index contributed by atoms with van der Waals surface area (Å²) >= 11 is 1.73. The van der Waals surface area contributed by atoms with Gasteiger partial charge in [0.1, 0.15) is 17.5 Å². The van der Waals surface area contributed by atoms with Crippen molar-refractivity contribution in [3.63, 3.8) is 0 Å². The first kappa shape index (κ1) is 14.8. The second-order valence-electron chi connectivity index (χ2n) is 5.48. The molecule has 0 saturated carbocycles. The summed E-state index contributed by atoms with van der Waals surface area (Å²) in [5.74, 6) is 2.47. The fourth-order valence-electron chi connectivity index (χ4n) is 2.00. The number of nitrogen functional groups attached to an aromatic ring is 1. The number of rotatable bonds is 5. The molecule has 4 nitrogen and oxygen atoms in total. The molecule has 2 aromatic heterocycles. The van der Waals surface area contributed by atoms with Gasteiger partial charge < -0.3 is 11.1 Å². The first-order valence-corrected chi connectivity index (χ1v) is 7.83. The Kier molecular flexibility index (Phi) is 4.60. The van der Waals surface area contributed by atoms with Gasteiger partial charge in [-0.25, -0.2) is 9.97 Å². The van der Waals surface area contributed by atoms with Crippen LogP contribution in [-0.4, -0.2) is 16.0 Å². The molecule has 5 heteroatoms. The third-order valence-corrected chi connectivity index (χ3v) is 3.95. The van der Waals surface area contributed by atoms with Crippen molar-refractivity contribution in [1.82, 2.24) is 9.97 Å². The van der Waals surface area contributed by atoms with E-state index in [0.717, 1.165) is 23.6 Å². The summed E-state index contributed by atoms with van der Waals surface area (Å²) in [4.78, 5) is 8.95. The summed E-state index contributed by atoms with van der Waals surface area (Å²) in [7, 11) is 0. The van der Waals surface area contributed by atoms with Crippen LogP contribution < -0.4 is 11.1 Å². The van der Waals surface area contributed by atoms with Crippen LogP contribution in [0.4, 0.5) is 11.6 Å². The highest BCUT2D eigenvalue weighted by Gasteiger charge is 2.13. The van der Waals surface area contributed by atoms with Crippen molar-refractivity contribution in [3.05, 3.63) is 33.8 Å². The molecule has 0 aliphatic carbocycles. The lowest BCUT2D eigenvalue weighted by molar-refractivity contribution is 0.753. The Morgan fingerprint density at radius 2 is 2.05 bits per heavy atom. The van der Waals surface area contributed by atoms with Crippen LogP contribution in [0.2, 0.25) is 0 Å². The Bertz CT molecular complexity index is 564. The molecule has 3 N–H and O–H groups in total. The van der Waals surface area contributed by atoms with Crippen LogP contribution in [0.25, 0.3) is 0 Å². The first-order valence-electron chi connectivity index (χ1n) is 6.89. The van der Waals surface area contributed by atoms with E-state index < -0.39 is 0 Å². The van der Waals surface area contributed by atoms with Gasteiger partial charge in [0, 0.05) is 17.5 Å². The summed E-state index contributed by atoms with van der Waals surface area (Å²) in [6, 6.07) is 2.46. The van der Waals surface area contributed by atoms with Crippen LogP contribution in [0.5, 0.6) is 0 Å². The minimum Gasteiger partial charge on any atom is -0.383 e. The lowest BCUT2D eigenvalue weighted by Gasteiger charge is -2.18. The highest BCUT2D eigenvalue weighted by molar-refractivity contribution is 7.07. The molecule has 0 aliphatic heterocycles. The SMILES string of the molecule is Cc1c(N)nc(C(C)C)nc1NC(C)Cc1ccsc1. The number of aromatic nitrogens is 2. The van der Waals surface area contributed by atoms with Crippen molar-refractivity contribution in [2.75, 3.05) is 11.1 Å². The van der Waals surface area contributed by atoms with Gasteiger partial charge >= 0.3 is 0 Å². The highest BCUT2D eigenvalue weighted by Crippen LogP contribution is 2.22. The average molecular weight is 290 g/mol. The van der Waals surface area contributed by atoms with Gasteiger partial charge in [0.05, 0.1) is 0 Å². The lowest BCUT2D eigenvalue weighted by atomic mass is 10.1. The maximum absolute atomic E-state index is 5.98. The van der Waals surface area contributed by atoms with Gasteiger partial charge in [0.15, 0.2) is 0 Å². The quantitative estimate of drug-likeness (QED) is 0.883. The van der Waals surface area contributed by atoms with E-state index >= 15 is 0 Å². The Morgan fingerprint density at radius 3 is 2.65 bits per heavy atom. The monoisotopic (exact) mass is 290 g/mol. The van der Waals surface area contributed by atoms with Crippen LogP contribution in [0.3, 0.4) is 0 Å². The fraction of sp³-hybridized carbons (Fsp3) is 0.467. The number of hydrogen-bond acceptors (Lipinski definition) is 5. The molecule has 0 aliphatic rings. The van der Waals surface area contributed by atoms with Crippen LogP contribution in [0.15, 0.2) is 16.8 Å². The van der Waals surface area contributed by atoms with Gasteiger partial charge in [-0.1, -0.05) is 13.8 Å². The second kappa shape index (κ2) is 6.22. The summed E-state index contributed by atoms with van der Waals surface area (Å²) in [6.07, 6.45) is 0.976. The Hall–Kier alpha value is -1.62.